The molecule has 4 atom stereocenters. The SMILES string of the molecule is COC(=O)N(C)Cc1ccc2cc3c(c(O)c2c1)C(=O)C1=C(O)[C@]2(O)C(=O)C(C(N)=O)=C(O)[C@@H](N(C)C)[C@@H]2C[C@@H]1C3. The lowest BCUT2D eigenvalue weighted by Crippen LogP contribution is -2.63. The summed E-state index contributed by atoms with van der Waals surface area (Å²) in [5, 5.41) is 46.3. The van der Waals surface area contributed by atoms with Crippen LogP contribution in [0.3, 0.4) is 0 Å². The van der Waals surface area contributed by atoms with Crippen molar-refractivity contribution in [1.29, 1.82) is 0 Å². The Bertz CT molecular complexity index is 1610. The van der Waals surface area contributed by atoms with E-state index in [0.717, 1.165) is 0 Å². The number of rotatable bonds is 4. The van der Waals surface area contributed by atoms with Gasteiger partial charge in [-0.25, -0.2) is 4.79 Å². The zero-order valence-electron chi connectivity index (χ0n) is 23.0. The van der Waals surface area contributed by atoms with E-state index < -0.39 is 64.1 Å². The number of hydrogen-bond donors (Lipinski definition) is 5. The highest BCUT2D eigenvalue weighted by Crippen LogP contribution is 2.52. The summed E-state index contributed by atoms with van der Waals surface area (Å²) in [6, 6.07) is 5.91. The van der Waals surface area contributed by atoms with Crippen molar-refractivity contribution < 1.29 is 44.3 Å². The highest BCUT2D eigenvalue weighted by atomic mass is 16.5. The number of nitrogens with zero attached hydrogens (tertiary/aromatic N) is 2. The first kappa shape index (κ1) is 28.1. The number of aliphatic hydroxyl groups is 3. The van der Waals surface area contributed by atoms with Gasteiger partial charge in [0.05, 0.1) is 18.7 Å². The van der Waals surface area contributed by atoms with E-state index in [1.54, 1.807) is 45.4 Å². The van der Waals surface area contributed by atoms with Crippen LogP contribution in [0.1, 0.15) is 27.9 Å². The topological polar surface area (TPSA) is 191 Å². The normalized spacial score (nSPS) is 25.7. The lowest BCUT2D eigenvalue weighted by atomic mass is 9.58. The fourth-order valence-corrected chi connectivity index (χ4v) is 6.66. The Morgan fingerprint density at radius 1 is 1.12 bits per heavy atom. The van der Waals surface area contributed by atoms with Gasteiger partial charge < -0.3 is 35.8 Å². The number of carbonyl (C=O) groups is 4. The second-order valence-corrected chi connectivity index (χ2v) is 11.1. The van der Waals surface area contributed by atoms with E-state index in [1.165, 1.54) is 16.9 Å². The van der Waals surface area contributed by atoms with Crippen LogP contribution in [0, 0.1) is 11.8 Å². The molecule has 2 amide bonds. The summed E-state index contributed by atoms with van der Waals surface area (Å²) in [4.78, 5) is 54.1. The van der Waals surface area contributed by atoms with Crippen LogP contribution in [-0.4, -0.2) is 93.7 Å². The molecule has 12 nitrogen and oxygen atoms in total. The Hall–Kier alpha value is -4.42. The number of benzene rings is 2. The van der Waals surface area contributed by atoms with E-state index in [1.807, 2.05) is 0 Å². The molecular formula is C29H31N3O9. The van der Waals surface area contributed by atoms with Crippen LogP contribution in [0.4, 0.5) is 4.79 Å². The lowest BCUT2D eigenvalue weighted by Gasteiger charge is -2.50. The average molecular weight is 566 g/mol. The molecule has 0 saturated heterocycles. The van der Waals surface area contributed by atoms with Gasteiger partial charge in [0.15, 0.2) is 11.4 Å². The number of hydrogen-bond acceptors (Lipinski definition) is 10. The van der Waals surface area contributed by atoms with Gasteiger partial charge in [-0.3, -0.25) is 19.3 Å². The van der Waals surface area contributed by atoms with Gasteiger partial charge in [0.1, 0.15) is 22.8 Å². The van der Waals surface area contributed by atoms with Gasteiger partial charge in [-0.2, -0.15) is 0 Å². The Kier molecular flexibility index (Phi) is 6.58. The predicted octanol–water partition coefficient (Wildman–Crippen LogP) is 1.47. The molecule has 0 fully saturated rings. The van der Waals surface area contributed by atoms with Crippen molar-refractivity contribution in [2.24, 2.45) is 17.6 Å². The number of nitrogens with two attached hydrogens (primary N) is 1. The van der Waals surface area contributed by atoms with Gasteiger partial charge in [-0.15, -0.1) is 0 Å². The van der Waals surface area contributed by atoms with Crippen LogP contribution in [0.25, 0.3) is 10.8 Å². The summed E-state index contributed by atoms with van der Waals surface area (Å²) in [5.41, 5.74) is 2.71. The molecular weight excluding hydrogens is 534 g/mol. The molecule has 2 aromatic carbocycles. The third-order valence-corrected chi connectivity index (χ3v) is 8.50. The summed E-state index contributed by atoms with van der Waals surface area (Å²) in [6.07, 6.45) is -0.331. The predicted molar refractivity (Wildman–Crippen MR) is 145 cm³/mol. The minimum atomic E-state index is -2.69. The Balaban J connectivity index is 1.65. The lowest BCUT2D eigenvalue weighted by molar-refractivity contribution is -0.148. The van der Waals surface area contributed by atoms with Gasteiger partial charge >= 0.3 is 6.09 Å². The fraction of sp³-hybridized carbons (Fsp3) is 0.379. The number of ketones is 2. The maximum absolute atomic E-state index is 13.9. The number of likely N-dealkylation sites (N-methyl/N-ethyl adjacent to an activating group) is 1. The van der Waals surface area contributed by atoms with Crippen molar-refractivity contribution in [1.82, 2.24) is 9.80 Å². The summed E-state index contributed by atoms with van der Waals surface area (Å²) < 4.78 is 4.72. The van der Waals surface area contributed by atoms with Gasteiger partial charge in [-0.1, -0.05) is 18.2 Å². The molecule has 6 N–H and O–H groups in total. The van der Waals surface area contributed by atoms with Crippen LogP contribution in [0.2, 0.25) is 0 Å². The number of aromatic hydroxyl groups is 1. The van der Waals surface area contributed by atoms with E-state index in [4.69, 9.17) is 10.5 Å². The number of fused-ring (bicyclic) bond motifs is 4. The fourth-order valence-electron chi connectivity index (χ4n) is 6.66. The molecule has 216 valence electrons. The van der Waals surface area contributed by atoms with Crippen molar-refractivity contribution in [3.05, 3.63) is 63.6 Å². The second-order valence-electron chi connectivity index (χ2n) is 11.1. The molecule has 0 aliphatic heterocycles. The maximum Gasteiger partial charge on any atom is 0.409 e. The monoisotopic (exact) mass is 565 g/mol. The number of primary amides is 1. The van der Waals surface area contributed by atoms with E-state index in [2.05, 4.69) is 0 Å². The molecule has 3 aliphatic carbocycles. The number of phenols is 1. The molecule has 5 rings (SSSR count). The molecule has 12 heteroatoms. The third kappa shape index (κ3) is 3.97. The summed E-state index contributed by atoms with van der Waals surface area (Å²) in [6.45, 7) is 0.174. The van der Waals surface area contributed by atoms with Gasteiger partial charge in [0.2, 0.25) is 5.78 Å². The number of aliphatic hydroxyl groups excluding tert-OH is 2. The minimum Gasteiger partial charge on any atom is -0.510 e. The van der Waals surface area contributed by atoms with E-state index >= 15 is 0 Å². The molecule has 0 aromatic heterocycles. The highest BCUT2D eigenvalue weighted by Gasteiger charge is 2.63. The molecule has 0 radical (unpaired) electrons. The zero-order valence-corrected chi connectivity index (χ0v) is 23.0. The van der Waals surface area contributed by atoms with Crippen molar-refractivity contribution in [3.63, 3.8) is 0 Å². The number of ether oxygens (including phenoxy) is 1. The molecule has 0 heterocycles. The van der Waals surface area contributed by atoms with E-state index in [-0.39, 0.29) is 36.3 Å². The summed E-state index contributed by atoms with van der Waals surface area (Å²) in [7, 11) is 5.97. The number of phenolic OH excluding ortho intramolecular Hbond substituents is 1. The standard InChI is InChI=1S/C29H31N3O9/c1-31(2)21-17-10-15-9-14-8-13-6-5-12(11-32(3)28(39)41-4)7-16(13)22(33)18(14)23(34)19(15)25(36)29(17,40)26(37)20(24(21)35)27(30)38/h5-8,15,17,21,33,35-36,40H,9-11H2,1-4H3,(H2,30,38)/t15-,17-,21-,29-/m0/s1. The van der Waals surface area contributed by atoms with Gasteiger partial charge in [-0.05, 0) is 55.4 Å². The number of amides is 2. The second kappa shape index (κ2) is 9.60. The molecule has 41 heavy (non-hydrogen) atoms. The van der Waals surface area contributed by atoms with Crippen LogP contribution in [0.5, 0.6) is 5.75 Å². The van der Waals surface area contributed by atoms with Crippen molar-refractivity contribution in [3.8, 4) is 5.75 Å². The van der Waals surface area contributed by atoms with Crippen LogP contribution < -0.4 is 5.73 Å². The smallest absolute Gasteiger partial charge is 0.409 e. The number of allylic oxidation sites excluding steroid dienone is 1. The van der Waals surface area contributed by atoms with Crippen molar-refractivity contribution in [2.45, 2.75) is 31.0 Å². The molecule has 0 spiro atoms. The first-order chi connectivity index (χ1) is 19.2. The number of Topliss-reactive ketones (excluding diaryl/α,β-unsaturated/α-hetero) is 2. The largest absolute Gasteiger partial charge is 0.510 e. The van der Waals surface area contributed by atoms with E-state index in [0.29, 0.717) is 21.9 Å². The van der Waals surface area contributed by atoms with Crippen molar-refractivity contribution in [2.75, 3.05) is 28.3 Å². The quantitative estimate of drug-likeness (QED) is 0.339. The first-order valence-electron chi connectivity index (χ1n) is 12.9. The number of carbonyl (C=O) groups excluding carboxylic acids is 4. The van der Waals surface area contributed by atoms with Crippen LogP contribution >= 0.6 is 0 Å². The maximum atomic E-state index is 13.9. The molecule has 0 saturated carbocycles. The Morgan fingerprint density at radius 2 is 1.80 bits per heavy atom. The van der Waals surface area contributed by atoms with Crippen LogP contribution in [0.15, 0.2) is 46.9 Å². The average Bonchev–Trinajstić information content (AvgIpc) is 2.90. The summed E-state index contributed by atoms with van der Waals surface area (Å²) in [5.74, 6) is -6.91. The molecule has 3 aliphatic rings. The Morgan fingerprint density at radius 3 is 2.41 bits per heavy atom. The molecule has 0 bridgehead atoms. The summed E-state index contributed by atoms with van der Waals surface area (Å²) >= 11 is 0. The van der Waals surface area contributed by atoms with E-state index in [9.17, 15) is 39.6 Å². The minimum absolute atomic E-state index is 0.0172. The first-order valence-corrected chi connectivity index (χ1v) is 12.9. The van der Waals surface area contributed by atoms with Gasteiger partial charge in [0, 0.05) is 30.5 Å². The Labute approximate surface area is 234 Å². The van der Waals surface area contributed by atoms with Crippen LogP contribution in [-0.2, 0) is 27.3 Å². The molecule has 0 unspecified atom stereocenters. The zero-order chi connectivity index (χ0) is 30.1. The van der Waals surface area contributed by atoms with Crippen molar-refractivity contribution >= 4 is 34.3 Å². The van der Waals surface area contributed by atoms with Gasteiger partial charge in [0.25, 0.3) is 5.91 Å². The highest BCUT2D eigenvalue weighted by molar-refractivity contribution is 6.25. The molecule has 2 aromatic rings. The number of methoxy groups -OCH3 is 1. The third-order valence-electron chi connectivity index (χ3n) is 8.50.